The quantitative estimate of drug-likeness (QED) is 0.338. The lowest BCUT2D eigenvalue weighted by atomic mass is 9.80. The van der Waals surface area contributed by atoms with Crippen molar-refractivity contribution >= 4 is 16.4 Å². The number of nitrogens with zero attached hydrogens (tertiary/aromatic N) is 1. The van der Waals surface area contributed by atoms with Gasteiger partial charge in [-0.2, -0.15) is 0 Å². The maximum Gasteiger partial charge on any atom is 0.343 e. The first-order valence-corrected chi connectivity index (χ1v) is 10.7. The fraction of sp³-hybridized carbons (Fsp3) is 0.632. The van der Waals surface area contributed by atoms with Gasteiger partial charge in [0.2, 0.25) is 0 Å². The van der Waals surface area contributed by atoms with Gasteiger partial charge >= 0.3 is 5.97 Å². The summed E-state index contributed by atoms with van der Waals surface area (Å²) in [6.07, 6.45) is 4.68. The average molecular weight is 415 g/mol. The number of esters is 1. The molecule has 1 aromatic rings. The summed E-state index contributed by atoms with van der Waals surface area (Å²) in [5, 5.41) is 11.4. The van der Waals surface area contributed by atoms with Crippen LogP contribution in [0.4, 0.5) is 0 Å². The number of likely N-dealkylation sites (N-methyl/N-ethyl adjacent to an activating group) is 1. The van der Waals surface area contributed by atoms with Crippen molar-refractivity contribution in [3.05, 3.63) is 35.9 Å². The van der Waals surface area contributed by atoms with E-state index in [-0.39, 0.29) is 12.0 Å². The molecule has 1 aliphatic carbocycles. The van der Waals surface area contributed by atoms with Gasteiger partial charge in [0.25, 0.3) is 0 Å². The molecule has 3 rings (SSSR count). The molecule has 1 heterocycles. The molecular weight excluding hydrogens is 386 g/mol. The third-order valence-corrected chi connectivity index (χ3v) is 5.50. The number of hydrogen-bond acceptors (Lipinski definition) is 7. The summed E-state index contributed by atoms with van der Waals surface area (Å²) >= 11 is 0. The highest BCUT2D eigenvalue weighted by Gasteiger charge is 2.49. The van der Waals surface area contributed by atoms with Crippen LogP contribution >= 0.6 is 0 Å². The highest BCUT2D eigenvalue weighted by molar-refractivity contribution is 7.79. The van der Waals surface area contributed by atoms with Gasteiger partial charge in [-0.25, -0.2) is 4.79 Å². The van der Waals surface area contributed by atoms with E-state index >= 15 is 0 Å². The van der Waals surface area contributed by atoms with Crippen LogP contribution in [0.15, 0.2) is 30.3 Å². The van der Waals surface area contributed by atoms with Crippen LogP contribution < -0.4 is 0 Å². The zero-order chi connectivity index (χ0) is 21.0. The molecule has 1 aromatic carbocycles. The van der Waals surface area contributed by atoms with Gasteiger partial charge in [0.15, 0.2) is 11.7 Å². The van der Waals surface area contributed by atoms with Crippen LogP contribution in [0.1, 0.15) is 37.7 Å². The van der Waals surface area contributed by atoms with E-state index in [0.29, 0.717) is 5.56 Å². The zero-order valence-electron chi connectivity index (χ0n) is 16.2. The van der Waals surface area contributed by atoms with Gasteiger partial charge in [-0.05, 0) is 18.4 Å². The summed E-state index contributed by atoms with van der Waals surface area (Å²) < 4.78 is 40.7. The van der Waals surface area contributed by atoms with E-state index in [0.717, 1.165) is 49.7 Å². The first-order chi connectivity index (χ1) is 12.9. The number of benzene rings is 1. The Labute approximate surface area is 166 Å². The molecule has 0 spiro atoms. The van der Waals surface area contributed by atoms with Crippen molar-refractivity contribution in [1.82, 2.24) is 0 Å². The normalized spacial score (nSPS) is 24.1. The van der Waals surface area contributed by atoms with E-state index in [2.05, 4.69) is 14.1 Å². The van der Waals surface area contributed by atoms with Crippen molar-refractivity contribution in [2.75, 3.05) is 27.2 Å². The first kappa shape index (κ1) is 22.8. The van der Waals surface area contributed by atoms with E-state index in [1.807, 2.05) is 30.3 Å². The standard InChI is InChI=1S/C19H28NO3.H2O4S/c1-20(2)13-12-17(14-20)23-18(21)19(22,16-10-6-7-11-16)15-8-4-3-5-9-15;1-5(2,3)4/h3-5,8-9,16-17,22H,6-7,10-14H2,1-2H3;(H2,1,2,3,4)/q+1;/p-2. The molecule has 2 fully saturated rings. The van der Waals surface area contributed by atoms with E-state index < -0.39 is 22.0 Å². The van der Waals surface area contributed by atoms with Crippen molar-refractivity contribution in [1.29, 1.82) is 0 Å². The Morgan fingerprint density at radius 3 is 2.14 bits per heavy atom. The smallest absolute Gasteiger partial charge is 0.343 e. The minimum absolute atomic E-state index is 0.0405. The lowest BCUT2D eigenvalue weighted by Gasteiger charge is -2.33. The van der Waals surface area contributed by atoms with Gasteiger partial charge in [-0.3, -0.25) is 8.42 Å². The summed E-state index contributed by atoms with van der Waals surface area (Å²) in [5.41, 5.74) is -0.832. The number of ether oxygens (including phenoxy) is 1. The van der Waals surface area contributed by atoms with Crippen LogP contribution in [0.3, 0.4) is 0 Å². The summed E-state index contributed by atoms with van der Waals surface area (Å²) in [4.78, 5) is 12.9. The monoisotopic (exact) mass is 414 g/mol. The predicted octanol–water partition coefficient (Wildman–Crippen LogP) is 1.12. The van der Waals surface area contributed by atoms with Crippen LogP contribution in [0.5, 0.6) is 0 Å². The van der Waals surface area contributed by atoms with Gasteiger partial charge in [-0.15, -0.1) is 0 Å². The molecule has 158 valence electrons. The van der Waals surface area contributed by atoms with Crippen molar-refractivity contribution in [2.45, 2.75) is 43.8 Å². The third-order valence-electron chi connectivity index (χ3n) is 5.50. The lowest BCUT2D eigenvalue weighted by molar-refractivity contribution is -0.879. The summed E-state index contributed by atoms with van der Waals surface area (Å²) in [6, 6.07) is 9.33. The van der Waals surface area contributed by atoms with E-state index in [9.17, 15) is 9.90 Å². The van der Waals surface area contributed by atoms with Crippen molar-refractivity contribution < 1.29 is 36.6 Å². The molecule has 2 unspecified atom stereocenters. The fourth-order valence-corrected chi connectivity index (χ4v) is 4.12. The van der Waals surface area contributed by atoms with E-state index in [1.54, 1.807) is 0 Å². The molecule has 2 aliphatic rings. The molecule has 2 atom stereocenters. The van der Waals surface area contributed by atoms with Gasteiger partial charge in [0.05, 0.1) is 20.6 Å². The van der Waals surface area contributed by atoms with Crippen LogP contribution in [-0.2, 0) is 25.5 Å². The Morgan fingerprint density at radius 2 is 1.68 bits per heavy atom. The van der Waals surface area contributed by atoms with Crippen molar-refractivity contribution in [3.8, 4) is 0 Å². The maximum atomic E-state index is 12.9. The number of carbonyl (C=O) groups is 1. The number of hydrogen-bond donors (Lipinski definition) is 1. The maximum absolute atomic E-state index is 12.9. The molecule has 1 N–H and O–H groups in total. The minimum atomic E-state index is -5.17. The summed E-state index contributed by atoms with van der Waals surface area (Å²) in [6.45, 7) is 1.83. The molecular formula is C19H28NO7S-. The number of quaternary nitrogens is 1. The molecule has 1 saturated heterocycles. The van der Waals surface area contributed by atoms with Crippen LogP contribution in [0.25, 0.3) is 0 Å². The van der Waals surface area contributed by atoms with Crippen LogP contribution in [-0.4, -0.2) is 66.4 Å². The second-order valence-electron chi connectivity index (χ2n) is 8.18. The molecule has 9 heteroatoms. The Bertz CT molecular complexity index is 752. The Morgan fingerprint density at radius 1 is 1.14 bits per heavy atom. The predicted molar refractivity (Wildman–Crippen MR) is 99.1 cm³/mol. The Balaban J connectivity index is 0.000000500. The molecule has 28 heavy (non-hydrogen) atoms. The van der Waals surface area contributed by atoms with E-state index in [4.69, 9.17) is 22.3 Å². The molecule has 1 aliphatic heterocycles. The number of likely N-dealkylation sites (tertiary alicyclic amines) is 1. The van der Waals surface area contributed by atoms with Gasteiger partial charge in [0, 0.05) is 22.7 Å². The second-order valence-corrected chi connectivity index (χ2v) is 9.00. The zero-order valence-corrected chi connectivity index (χ0v) is 17.1. The van der Waals surface area contributed by atoms with E-state index in [1.165, 1.54) is 0 Å². The SMILES string of the molecule is C[N+]1(C)CCC(OC(=O)C(O)(c2ccccc2)C2CCCC2)C1.O=S(=O)([O-])[O-]. The van der Waals surface area contributed by atoms with Crippen LogP contribution in [0.2, 0.25) is 0 Å². The highest BCUT2D eigenvalue weighted by atomic mass is 32.3. The van der Waals surface area contributed by atoms with Gasteiger partial charge in [-0.1, -0.05) is 43.2 Å². The van der Waals surface area contributed by atoms with Crippen molar-refractivity contribution in [2.24, 2.45) is 5.92 Å². The van der Waals surface area contributed by atoms with Gasteiger partial charge in [0.1, 0.15) is 6.54 Å². The minimum Gasteiger partial charge on any atom is -0.759 e. The molecule has 0 radical (unpaired) electrons. The highest BCUT2D eigenvalue weighted by Crippen LogP contribution is 2.42. The fourth-order valence-electron chi connectivity index (χ4n) is 4.12. The molecule has 0 aromatic heterocycles. The third kappa shape index (κ3) is 6.25. The van der Waals surface area contributed by atoms with Crippen molar-refractivity contribution in [3.63, 3.8) is 0 Å². The Kier molecular flexibility index (Phi) is 7.22. The number of aliphatic hydroxyl groups is 1. The second kappa shape index (κ2) is 8.87. The lowest BCUT2D eigenvalue weighted by Crippen LogP contribution is -2.46. The van der Waals surface area contributed by atoms with Gasteiger partial charge < -0.3 is 23.4 Å². The molecule has 8 nitrogen and oxygen atoms in total. The molecule has 0 amide bonds. The number of rotatable bonds is 4. The first-order valence-electron chi connectivity index (χ1n) is 9.39. The summed E-state index contributed by atoms with van der Waals surface area (Å²) in [5.74, 6) is -0.496. The molecule has 0 bridgehead atoms. The molecule has 1 saturated carbocycles. The van der Waals surface area contributed by atoms with Crippen LogP contribution in [0, 0.1) is 5.92 Å². The average Bonchev–Trinajstić information content (AvgIpc) is 3.23. The largest absolute Gasteiger partial charge is 0.759 e. The Hall–Kier alpha value is -1.52. The summed E-state index contributed by atoms with van der Waals surface area (Å²) in [7, 11) is -0.873. The topological polar surface area (TPSA) is 127 Å². The number of carbonyl (C=O) groups excluding carboxylic acids is 1.